The summed E-state index contributed by atoms with van der Waals surface area (Å²) in [6, 6.07) is 0.965. The average molecular weight is 725 g/mol. The van der Waals surface area contributed by atoms with Crippen LogP contribution in [-0.2, 0) is 9.53 Å². The maximum atomic E-state index is 12.7. The first-order valence-corrected chi connectivity index (χ1v) is 19.6. The molecule has 4 nitrogen and oxygen atoms in total. The minimum absolute atomic E-state index is 0.0195. The van der Waals surface area contributed by atoms with Gasteiger partial charge in [0.05, 0.1) is 39.3 Å². The van der Waals surface area contributed by atoms with Gasteiger partial charge in [0, 0.05) is 30.6 Å². The highest BCUT2D eigenvalue weighted by molar-refractivity contribution is 9.25. The van der Waals surface area contributed by atoms with Gasteiger partial charge in [-0.25, -0.2) is 0 Å². The number of piperidine rings is 2. The number of likely N-dealkylation sites (tertiary alicyclic amines) is 2. The van der Waals surface area contributed by atoms with Crippen LogP contribution in [0.3, 0.4) is 0 Å². The monoisotopic (exact) mass is 722 g/mol. The van der Waals surface area contributed by atoms with Crippen molar-refractivity contribution in [2.75, 3.05) is 39.3 Å². The molecule has 6 heteroatoms. The number of carbonyl (C=O) groups excluding carboxylic acids is 1. The van der Waals surface area contributed by atoms with Crippen LogP contribution in [0.15, 0.2) is 25.3 Å². The molecule has 2 heterocycles. The topological polar surface area (TPSA) is 26.3 Å². The molecule has 0 N–H and O–H groups in total. The summed E-state index contributed by atoms with van der Waals surface area (Å²) in [6.45, 7) is 22.4. The maximum Gasteiger partial charge on any atom is 0.303 e. The lowest BCUT2D eigenvalue weighted by atomic mass is 9.44. The predicted octanol–water partition coefficient (Wildman–Crippen LogP) is 8.78. The molecule has 2 aliphatic heterocycles. The van der Waals surface area contributed by atoms with Gasteiger partial charge in [-0.15, -0.1) is 0 Å². The Morgan fingerprint density at radius 2 is 1.42 bits per heavy atom. The highest BCUT2D eigenvalue weighted by atomic mass is 79.9. The Labute approximate surface area is 279 Å². The Morgan fingerprint density at radius 1 is 0.837 bits per heavy atom. The van der Waals surface area contributed by atoms with E-state index in [9.17, 15) is 4.79 Å². The molecule has 0 aromatic rings. The minimum atomic E-state index is -0.0868. The van der Waals surface area contributed by atoms with Crippen molar-refractivity contribution in [2.45, 2.75) is 126 Å². The number of hydrogen-bond acceptors (Lipinski definition) is 2. The van der Waals surface area contributed by atoms with Crippen molar-refractivity contribution in [3.05, 3.63) is 25.3 Å². The SMILES string of the molecule is C=CC[N+]1(C2C[C@H]3[C@@H]4CCC5CCC([N+]6(CC=C)CCCCC6)C(Br)(Br)[C@]5(C)[C@@H]4CC[C@]3(C)C2OC(C)=O)CCCCC1. The summed E-state index contributed by atoms with van der Waals surface area (Å²) in [5, 5.41) is 0. The van der Waals surface area contributed by atoms with Gasteiger partial charge in [-0.1, -0.05) is 58.9 Å². The van der Waals surface area contributed by atoms with Gasteiger partial charge in [-0.3, -0.25) is 4.79 Å². The molecule has 6 fully saturated rings. The number of rotatable bonds is 7. The summed E-state index contributed by atoms with van der Waals surface area (Å²) in [7, 11) is 0. The molecule has 4 unspecified atom stereocenters. The Hall–Kier alpha value is -0.170. The van der Waals surface area contributed by atoms with Crippen LogP contribution in [-0.4, -0.2) is 75.6 Å². The smallest absolute Gasteiger partial charge is 0.303 e. The van der Waals surface area contributed by atoms with E-state index in [0.717, 1.165) is 23.5 Å². The van der Waals surface area contributed by atoms with Crippen molar-refractivity contribution in [3.63, 3.8) is 0 Å². The van der Waals surface area contributed by atoms with Crippen molar-refractivity contribution in [1.82, 2.24) is 0 Å². The molecule has 0 amide bonds. The van der Waals surface area contributed by atoms with E-state index in [-0.39, 0.29) is 26.1 Å². The van der Waals surface area contributed by atoms with Crippen LogP contribution >= 0.6 is 31.9 Å². The lowest BCUT2D eigenvalue weighted by Gasteiger charge is -2.67. The van der Waals surface area contributed by atoms with E-state index in [1.807, 2.05) is 0 Å². The third-order valence-corrected chi connectivity index (χ3v) is 17.6. The number of nitrogens with zero attached hydrogens (tertiary/aromatic N) is 2. The fourth-order valence-corrected chi connectivity index (χ4v) is 15.4. The normalized spacial score (nSPS) is 44.7. The van der Waals surface area contributed by atoms with Crippen LogP contribution in [0.25, 0.3) is 0 Å². The van der Waals surface area contributed by atoms with Gasteiger partial charge in [0.15, 0.2) is 6.10 Å². The number of esters is 1. The third kappa shape index (κ3) is 5.03. The molecule has 9 atom stereocenters. The third-order valence-electron chi connectivity index (χ3n) is 14.8. The van der Waals surface area contributed by atoms with Gasteiger partial charge in [0.2, 0.25) is 0 Å². The van der Waals surface area contributed by atoms with Gasteiger partial charge in [0.1, 0.15) is 15.3 Å². The Kier molecular flexibility index (Phi) is 9.24. The summed E-state index contributed by atoms with van der Waals surface area (Å²) >= 11 is 9.15. The fraction of sp³-hybridized carbons (Fsp3) is 0.865. The van der Waals surface area contributed by atoms with E-state index in [1.54, 1.807) is 6.92 Å². The van der Waals surface area contributed by atoms with Crippen molar-refractivity contribution in [2.24, 2.45) is 34.5 Å². The van der Waals surface area contributed by atoms with E-state index in [1.165, 1.54) is 114 Å². The zero-order valence-electron chi connectivity index (χ0n) is 27.5. The number of hydrogen-bond donors (Lipinski definition) is 0. The van der Waals surface area contributed by atoms with Gasteiger partial charge in [0.25, 0.3) is 0 Å². The van der Waals surface area contributed by atoms with E-state index in [0.29, 0.717) is 29.8 Å². The zero-order chi connectivity index (χ0) is 30.7. The molecule has 6 aliphatic rings. The number of halogens is 2. The number of alkyl halides is 2. The molecule has 0 radical (unpaired) electrons. The van der Waals surface area contributed by atoms with Crippen LogP contribution in [0.2, 0.25) is 0 Å². The molecule has 242 valence electrons. The highest BCUT2D eigenvalue weighted by Crippen LogP contribution is 2.72. The Morgan fingerprint density at radius 3 is 2.02 bits per heavy atom. The fourth-order valence-electron chi connectivity index (χ4n) is 12.9. The summed E-state index contributed by atoms with van der Waals surface area (Å²) in [5.41, 5.74) is 0.251. The van der Waals surface area contributed by atoms with E-state index in [2.05, 4.69) is 71.0 Å². The summed E-state index contributed by atoms with van der Waals surface area (Å²) in [6.07, 6.45) is 21.3. The second-order valence-corrected chi connectivity index (χ2v) is 20.0. The predicted molar refractivity (Wildman–Crippen MR) is 184 cm³/mol. The molecular formula is C37H60Br2N2O2+2. The lowest BCUT2D eigenvalue weighted by molar-refractivity contribution is -0.952. The molecule has 0 bridgehead atoms. The van der Waals surface area contributed by atoms with Gasteiger partial charge >= 0.3 is 5.97 Å². The molecule has 2 saturated heterocycles. The standard InChI is InChI=1S/C37H60Br2N2O2/c1-6-20-40(22-10-8-11-23-40)32-26-31-29-16-14-28-15-17-33(41(21-7-2)24-12-9-13-25-41)37(38,39)36(28,5)30(29)18-19-35(31,4)34(32)43-27(3)42/h6-7,28-34H,1-2,8-26H2,3-5H3/q+2/t28?,29-,30-,31+,32?,33?,34?,35+,36+/m1/s1. The van der Waals surface area contributed by atoms with Crippen LogP contribution in [0.1, 0.15) is 104 Å². The molecule has 0 spiro atoms. The van der Waals surface area contributed by atoms with Gasteiger partial charge < -0.3 is 13.7 Å². The minimum Gasteiger partial charge on any atom is -0.456 e. The van der Waals surface area contributed by atoms with Crippen LogP contribution in [0, 0.1) is 34.5 Å². The second kappa shape index (κ2) is 12.1. The summed E-state index contributed by atoms with van der Waals surface area (Å²) < 4.78 is 8.71. The van der Waals surface area contributed by atoms with Crippen LogP contribution in [0.5, 0.6) is 0 Å². The van der Waals surface area contributed by atoms with E-state index < -0.39 is 0 Å². The first-order chi connectivity index (χ1) is 20.5. The molecule has 43 heavy (non-hydrogen) atoms. The zero-order valence-corrected chi connectivity index (χ0v) is 30.7. The van der Waals surface area contributed by atoms with Crippen molar-refractivity contribution in [3.8, 4) is 0 Å². The number of carbonyl (C=O) groups is 1. The molecular weight excluding hydrogens is 664 g/mol. The second-order valence-electron chi connectivity index (χ2n) is 16.4. The van der Waals surface area contributed by atoms with Crippen molar-refractivity contribution >= 4 is 37.8 Å². The number of fused-ring (bicyclic) bond motifs is 5. The number of quaternary nitrogens is 2. The highest BCUT2D eigenvalue weighted by Gasteiger charge is 2.72. The largest absolute Gasteiger partial charge is 0.456 e. The van der Waals surface area contributed by atoms with E-state index >= 15 is 0 Å². The molecule has 4 aliphatic carbocycles. The first kappa shape index (κ1) is 32.8. The lowest BCUT2D eigenvalue weighted by Crippen LogP contribution is -2.71. The van der Waals surface area contributed by atoms with Crippen molar-refractivity contribution in [1.29, 1.82) is 0 Å². The first-order valence-electron chi connectivity index (χ1n) is 18.0. The van der Waals surface area contributed by atoms with Crippen LogP contribution in [0.4, 0.5) is 0 Å². The summed E-state index contributed by atoms with van der Waals surface area (Å²) in [4.78, 5) is 12.7. The molecule has 4 saturated carbocycles. The van der Waals surface area contributed by atoms with Gasteiger partial charge in [-0.2, -0.15) is 0 Å². The Bertz CT molecular complexity index is 1060. The van der Waals surface area contributed by atoms with Crippen LogP contribution < -0.4 is 0 Å². The molecule has 6 rings (SSSR count). The number of ether oxygens (including phenoxy) is 1. The quantitative estimate of drug-likeness (QED) is 0.114. The van der Waals surface area contributed by atoms with Gasteiger partial charge in [-0.05, 0) is 106 Å². The Balaban J connectivity index is 1.36. The van der Waals surface area contributed by atoms with E-state index in [4.69, 9.17) is 4.74 Å². The summed E-state index contributed by atoms with van der Waals surface area (Å²) in [5.74, 6) is 2.66. The molecule has 0 aromatic carbocycles. The molecule has 0 aromatic heterocycles. The average Bonchev–Trinajstić information content (AvgIpc) is 3.27. The van der Waals surface area contributed by atoms with Crippen molar-refractivity contribution < 1.29 is 18.5 Å². The maximum absolute atomic E-state index is 12.7.